The maximum Gasteiger partial charge on any atom is 0.238 e. The first-order chi connectivity index (χ1) is 3.68. The van der Waals surface area contributed by atoms with Gasteiger partial charge in [-0.3, -0.25) is 4.79 Å². The van der Waals surface area contributed by atoms with Crippen molar-refractivity contribution in [1.29, 1.82) is 0 Å². The van der Waals surface area contributed by atoms with Crippen molar-refractivity contribution in [3.63, 3.8) is 0 Å². The summed E-state index contributed by atoms with van der Waals surface area (Å²) in [6.07, 6.45) is 0. The first-order valence-electron chi connectivity index (χ1n) is 1.76. The van der Waals surface area contributed by atoms with E-state index in [1.54, 1.807) is 0 Å². The molecular formula is C3H4ClNO2S. The van der Waals surface area contributed by atoms with Crippen LogP contribution in [0.15, 0.2) is 0 Å². The number of hydrogen-bond acceptors (Lipinski definition) is 2. The first-order valence-corrected chi connectivity index (χ1v) is 2.90. The summed E-state index contributed by atoms with van der Waals surface area (Å²) < 4.78 is 10.3. The second-order valence-electron chi connectivity index (χ2n) is 1.03. The predicted octanol–water partition coefficient (Wildman–Crippen LogP) is -0.0386. The topological polar surface area (TPSA) is 37.4 Å². The Morgan fingerprint density at radius 2 is 2.38 bits per heavy atom. The van der Waals surface area contributed by atoms with Crippen LogP contribution in [0, 0.1) is 0 Å². The summed E-state index contributed by atoms with van der Waals surface area (Å²) in [5.74, 6) is -0.366. The summed E-state index contributed by atoms with van der Waals surface area (Å²) in [6, 6.07) is 0. The molecule has 0 radical (unpaired) electrons. The fourth-order valence-electron chi connectivity index (χ4n) is 0.112. The van der Waals surface area contributed by atoms with Gasteiger partial charge in [0, 0.05) is 18.7 Å². The van der Waals surface area contributed by atoms with Gasteiger partial charge in [0.05, 0.1) is 0 Å². The van der Waals surface area contributed by atoms with E-state index in [9.17, 15) is 9.00 Å². The molecule has 0 spiro atoms. The average molecular weight is 154 g/mol. The summed E-state index contributed by atoms with van der Waals surface area (Å²) in [5, 5.41) is 0. The van der Waals surface area contributed by atoms with Crippen molar-refractivity contribution in [2.75, 3.05) is 0 Å². The van der Waals surface area contributed by atoms with Gasteiger partial charge in [0.15, 0.2) is 0 Å². The summed E-state index contributed by atoms with van der Waals surface area (Å²) in [7, 11) is 0. The number of amides is 1. The van der Waals surface area contributed by atoms with Crippen molar-refractivity contribution in [2.45, 2.75) is 6.92 Å². The molecule has 46 valence electrons. The molecule has 0 aliphatic heterocycles. The van der Waals surface area contributed by atoms with Crippen molar-refractivity contribution in [3.05, 3.63) is 0 Å². The van der Waals surface area contributed by atoms with E-state index in [1.807, 2.05) is 0 Å². The second kappa shape index (κ2) is 3.63. The van der Waals surface area contributed by atoms with Gasteiger partial charge in [-0.2, -0.15) is 0 Å². The highest BCUT2D eigenvalue weighted by molar-refractivity contribution is 7.64. The Morgan fingerprint density at radius 3 is 2.50 bits per heavy atom. The van der Waals surface area contributed by atoms with E-state index in [0.29, 0.717) is 4.42 Å². The average Bonchev–Trinajstić information content (AvgIpc) is 1.67. The minimum Gasteiger partial charge on any atom is -0.273 e. The lowest BCUT2D eigenvalue weighted by molar-refractivity contribution is -0.121. The van der Waals surface area contributed by atoms with Crippen LogP contribution in [-0.4, -0.2) is 20.0 Å². The third-order valence-electron chi connectivity index (χ3n) is 0.436. The molecule has 0 unspecified atom stereocenters. The molecule has 0 aromatic heterocycles. The van der Waals surface area contributed by atoms with Gasteiger partial charge >= 0.3 is 0 Å². The first kappa shape index (κ1) is 7.65. The van der Waals surface area contributed by atoms with Crippen molar-refractivity contribution in [2.24, 2.45) is 0 Å². The molecular weight excluding hydrogens is 150 g/mol. The molecule has 0 aromatic rings. The van der Waals surface area contributed by atoms with E-state index >= 15 is 0 Å². The Kier molecular flexibility index (Phi) is 3.47. The largest absolute Gasteiger partial charge is 0.273 e. The molecule has 0 fully saturated rings. The minimum atomic E-state index is -0.366. The SMILES string of the molecule is CC(=O)N(Cl)C=S=O. The van der Waals surface area contributed by atoms with Crippen molar-refractivity contribution in [3.8, 4) is 0 Å². The van der Waals surface area contributed by atoms with Gasteiger partial charge in [-0.1, -0.05) is 0 Å². The van der Waals surface area contributed by atoms with E-state index in [4.69, 9.17) is 11.8 Å². The maximum atomic E-state index is 10.1. The van der Waals surface area contributed by atoms with Crippen LogP contribution in [-0.2, 0) is 16.1 Å². The lowest BCUT2D eigenvalue weighted by atomic mass is 10.7. The molecule has 0 saturated heterocycles. The molecule has 1 amide bonds. The standard InChI is InChI=1S/C3H4ClNO2S/c1-3(6)5(4)2-8-7/h2H,1H3. The Morgan fingerprint density at radius 1 is 1.88 bits per heavy atom. The Bertz CT molecular complexity index is 140. The second-order valence-corrected chi connectivity index (χ2v) is 1.80. The van der Waals surface area contributed by atoms with Crippen LogP contribution in [0.1, 0.15) is 6.92 Å². The minimum absolute atomic E-state index is 0.136. The number of hydrogen-bond donors (Lipinski definition) is 0. The van der Waals surface area contributed by atoms with Crippen molar-refractivity contribution < 1.29 is 9.00 Å². The van der Waals surface area contributed by atoms with Crippen LogP contribution in [0.4, 0.5) is 0 Å². The van der Waals surface area contributed by atoms with Crippen LogP contribution in [0.5, 0.6) is 0 Å². The Hall–Kier alpha value is -0.350. The fraction of sp³-hybridized carbons (Fsp3) is 0.333. The van der Waals surface area contributed by atoms with E-state index in [-0.39, 0.29) is 17.2 Å². The molecule has 0 heterocycles. The van der Waals surface area contributed by atoms with E-state index < -0.39 is 0 Å². The van der Waals surface area contributed by atoms with Crippen LogP contribution in [0.2, 0.25) is 0 Å². The molecule has 0 atom stereocenters. The van der Waals surface area contributed by atoms with Gasteiger partial charge in [0.1, 0.15) is 16.7 Å². The van der Waals surface area contributed by atoms with E-state index in [1.165, 1.54) is 6.92 Å². The van der Waals surface area contributed by atoms with Gasteiger partial charge in [-0.05, 0) is 0 Å². The highest BCUT2D eigenvalue weighted by atomic mass is 35.5. The quantitative estimate of drug-likeness (QED) is 0.392. The molecule has 0 aliphatic rings. The molecule has 0 rings (SSSR count). The van der Waals surface area contributed by atoms with Crippen LogP contribution in [0.3, 0.4) is 0 Å². The van der Waals surface area contributed by atoms with Crippen LogP contribution in [0.25, 0.3) is 0 Å². The molecule has 0 aliphatic carbocycles. The number of halogens is 1. The third kappa shape index (κ3) is 2.76. The van der Waals surface area contributed by atoms with Gasteiger partial charge in [0.2, 0.25) is 5.91 Å². The third-order valence-corrected chi connectivity index (χ3v) is 1.18. The number of nitrogens with zero attached hydrogens (tertiary/aromatic N) is 1. The highest BCUT2D eigenvalue weighted by Crippen LogP contribution is 1.86. The van der Waals surface area contributed by atoms with Crippen LogP contribution < -0.4 is 0 Å². The van der Waals surface area contributed by atoms with Gasteiger partial charge in [0.25, 0.3) is 0 Å². The molecule has 0 N–H and O–H groups in total. The lowest BCUT2D eigenvalue weighted by Crippen LogP contribution is -2.14. The predicted molar refractivity (Wildman–Crippen MR) is 32.6 cm³/mol. The lowest BCUT2D eigenvalue weighted by Gasteiger charge is -1.97. The Balaban J connectivity index is 3.82. The molecule has 0 saturated carbocycles. The summed E-state index contributed by atoms with van der Waals surface area (Å²) >= 11 is 5.26. The zero-order valence-electron chi connectivity index (χ0n) is 4.13. The van der Waals surface area contributed by atoms with Gasteiger partial charge < -0.3 is 0 Å². The smallest absolute Gasteiger partial charge is 0.238 e. The van der Waals surface area contributed by atoms with Gasteiger partial charge in [-0.25, -0.2) is 8.63 Å². The Labute approximate surface area is 55.4 Å². The summed E-state index contributed by atoms with van der Waals surface area (Å²) in [4.78, 5) is 10.1. The number of carbonyl (C=O) groups excluding carboxylic acids is 1. The molecule has 0 bridgehead atoms. The monoisotopic (exact) mass is 153 g/mol. The van der Waals surface area contributed by atoms with Gasteiger partial charge in [-0.15, -0.1) is 0 Å². The molecule has 3 nitrogen and oxygen atoms in total. The summed E-state index contributed by atoms with van der Waals surface area (Å²) in [5.41, 5.74) is 0.976. The van der Waals surface area contributed by atoms with Crippen LogP contribution >= 0.6 is 11.8 Å². The maximum absolute atomic E-state index is 10.1. The zero-order valence-corrected chi connectivity index (χ0v) is 5.70. The normalized spacial score (nSPS) is 7.75. The highest BCUT2D eigenvalue weighted by Gasteiger charge is 1.97. The number of carbonyl (C=O) groups is 1. The molecule has 0 aromatic carbocycles. The number of rotatable bonds is 1. The fourth-order valence-corrected chi connectivity index (χ4v) is 0.434. The summed E-state index contributed by atoms with van der Waals surface area (Å²) in [6.45, 7) is 1.26. The molecule has 8 heavy (non-hydrogen) atoms. The van der Waals surface area contributed by atoms with E-state index in [0.717, 1.165) is 5.49 Å². The zero-order chi connectivity index (χ0) is 6.57. The molecule has 5 heteroatoms. The van der Waals surface area contributed by atoms with Crippen molar-refractivity contribution >= 4 is 34.4 Å². The van der Waals surface area contributed by atoms with Crippen molar-refractivity contribution in [1.82, 2.24) is 4.42 Å². The van der Waals surface area contributed by atoms with E-state index in [2.05, 4.69) is 0 Å².